The molecular formula is C9H11FN2O4S. The van der Waals surface area contributed by atoms with E-state index in [2.05, 4.69) is 10.3 Å². The summed E-state index contributed by atoms with van der Waals surface area (Å²) in [6.07, 6.45) is 1.92. The number of carboxylic acid groups (broad SMARTS) is 1. The zero-order chi connectivity index (χ0) is 13.1. The molecule has 6 nitrogen and oxygen atoms in total. The summed E-state index contributed by atoms with van der Waals surface area (Å²) >= 11 is 0. The van der Waals surface area contributed by atoms with Gasteiger partial charge in [0.05, 0.1) is 11.9 Å². The van der Waals surface area contributed by atoms with Gasteiger partial charge in [-0.05, 0) is 6.07 Å². The van der Waals surface area contributed by atoms with E-state index in [-0.39, 0.29) is 23.7 Å². The van der Waals surface area contributed by atoms with Gasteiger partial charge in [0.2, 0.25) is 0 Å². The average Bonchev–Trinajstić information content (AvgIpc) is 2.18. The number of hydrogen-bond acceptors (Lipinski definition) is 5. The van der Waals surface area contributed by atoms with Gasteiger partial charge in [-0.2, -0.15) is 0 Å². The smallest absolute Gasteiger partial charge is 0.339 e. The lowest BCUT2D eigenvalue weighted by molar-refractivity contribution is 0.0697. The minimum Gasteiger partial charge on any atom is -0.478 e. The first-order valence-corrected chi connectivity index (χ1v) is 6.66. The number of sulfone groups is 1. The summed E-state index contributed by atoms with van der Waals surface area (Å²) in [4.78, 5) is 14.3. The normalized spacial score (nSPS) is 11.2. The van der Waals surface area contributed by atoms with E-state index in [1.54, 1.807) is 0 Å². The summed E-state index contributed by atoms with van der Waals surface area (Å²) in [5, 5.41) is 11.3. The number of aromatic carboxylic acids is 1. The third-order valence-corrected chi connectivity index (χ3v) is 2.80. The van der Waals surface area contributed by atoms with E-state index >= 15 is 0 Å². The number of carboxylic acids is 1. The molecule has 1 rings (SSSR count). The number of nitrogens with zero attached hydrogens (tertiary/aromatic N) is 1. The molecular weight excluding hydrogens is 251 g/mol. The molecule has 0 aliphatic carbocycles. The van der Waals surface area contributed by atoms with Crippen molar-refractivity contribution >= 4 is 21.6 Å². The van der Waals surface area contributed by atoms with Crippen LogP contribution in [0.2, 0.25) is 0 Å². The molecule has 0 radical (unpaired) electrons. The number of nitrogens with one attached hydrogen (secondary N) is 1. The van der Waals surface area contributed by atoms with Crippen LogP contribution in [0.25, 0.3) is 0 Å². The van der Waals surface area contributed by atoms with Crippen LogP contribution < -0.4 is 5.32 Å². The molecule has 8 heteroatoms. The molecule has 1 aromatic heterocycles. The van der Waals surface area contributed by atoms with Crippen LogP contribution in [0.15, 0.2) is 12.3 Å². The lowest BCUT2D eigenvalue weighted by Gasteiger charge is -2.07. The van der Waals surface area contributed by atoms with Gasteiger partial charge in [0, 0.05) is 12.8 Å². The second kappa shape index (κ2) is 5.09. The maximum atomic E-state index is 12.8. The van der Waals surface area contributed by atoms with Crippen molar-refractivity contribution in [3.05, 3.63) is 23.6 Å². The number of aromatic nitrogens is 1. The molecule has 0 aliphatic rings. The Morgan fingerprint density at radius 3 is 2.76 bits per heavy atom. The largest absolute Gasteiger partial charge is 0.478 e. The lowest BCUT2D eigenvalue weighted by Crippen LogP contribution is -2.17. The lowest BCUT2D eigenvalue weighted by atomic mass is 10.2. The summed E-state index contributed by atoms with van der Waals surface area (Å²) < 4.78 is 34.5. The highest BCUT2D eigenvalue weighted by molar-refractivity contribution is 7.90. The number of halogens is 1. The molecule has 0 fully saturated rings. The van der Waals surface area contributed by atoms with E-state index in [0.29, 0.717) is 0 Å². The third kappa shape index (κ3) is 4.35. The summed E-state index contributed by atoms with van der Waals surface area (Å²) in [7, 11) is -3.15. The van der Waals surface area contributed by atoms with Crippen molar-refractivity contribution in [2.24, 2.45) is 0 Å². The van der Waals surface area contributed by atoms with Crippen LogP contribution in [0.5, 0.6) is 0 Å². The predicted octanol–water partition coefficient (Wildman–Crippen LogP) is 0.375. The monoisotopic (exact) mass is 262 g/mol. The van der Waals surface area contributed by atoms with Gasteiger partial charge in [0.25, 0.3) is 0 Å². The molecule has 0 saturated carbocycles. The summed E-state index contributed by atoms with van der Waals surface area (Å²) in [6, 6.07) is 0.818. The van der Waals surface area contributed by atoms with E-state index in [4.69, 9.17) is 5.11 Å². The first kappa shape index (κ1) is 13.4. The molecule has 1 heterocycles. The van der Waals surface area contributed by atoms with Gasteiger partial charge in [-0.15, -0.1) is 0 Å². The quantitative estimate of drug-likeness (QED) is 0.796. The molecule has 0 unspecified atom stereocenters. The van der Waals surface area contributed by atoms with E-state index < -0.39 is 21.6 Å². The Kier molecular flexibility index (Phi) is 4.00. The molecule has 94 valence electrons. The Hall–Kier alpha value is -1.70. The number of hydrogen-bond donors (Lipinski definition) is 2. The minimum atomic E-state index is -3.15. The molecule has 2 N–H and O–H groups in total. The van der Waals surface area contributed by atoms with Crippen LogP contribution in [0.4, 0.5) is 10.2 Å². The van der Waals surface area contributed by atoms with Crippen molar-refractivity contribution in [1.29, 1.82) is 0 Å². The minimum absolute atomic E-state index is 0.0117. The molecule has 0 spiro atoms. The molecule has 0 aliphatic heterocycles. The Morgan fingerprint density at radius 1 is 1.59 bits per heavy atom. The van der Waals surface area contributed by atoms with Crippen molar-refractivity contribution in [2.45, 2.75) is 0 Å². The van der Waals surface area contributed by atoms with Crippen molar-refractivity contribution in [3.8, 4) is 0 Å². The maximum absolute atomic E-state index is 12.8. The van der Waals surface area contributed by atoms with Gasteiger partial charge in [-0.3, -0.25) is 0 Å². The Balaban J connectivity index is 2.81. The van der Waals surface area contributed by atoms with Crippen molar-refractivity contribution < 1.29 is 22.7 Å². The van der Waals surface area contributed by atoms with E-state index in [1.807, 2.05) is 0 Å². The zero-order valence-electron chi connectivity index (χ0n) is 8.97. The second-order valence-electron chi connectivity index (χ2n) is 3.41. The van der Waals surface area contributed by atoms with Gasteiger partial charge >= 0.3 is 5.97 Å². The maximum Gasteiger partial charge on any atom is 0.339 e. The van der Waals surface area contributed by atoms with Crippen LogP contribution in [0.1, 0.15) is 10.4 Å². The second-order valence-corrected chi connectivity index (χ2v) is 5.67. The van der Waals surface area contributed by atoms with Gasteiger partial charge in [-0.25, -0.2) is 22.6 Å². The van der Waals surface area contributed by atoms with Crippen LogP contribution in [-0.2, 0) is 9.84 Å². The molecule has 0 atom stereocenters. The van der Waals surface area contributed by atoms with Crippen molar-refractivity contribution in [1.82, 2.24) is 4.98 Å². The highest BCUT2D eigenvalue weighted by Gasteiger charge is 2.13. The molecule has 0 aromatic carbocycles. The number of carbonyl (C=O) groups is 1. The SMILES string of the molecule is CS(=O)(=O)CCNc1ncc(F)cc1C(=O)O. The van der Waals surface area contributed by atoms with Crippen molar-refractivity contribution in [3.63, 3.8) is 0 Å². The van der Waals surface area contributed by atoms with E-state index in [1.165, 1.54) is 0 Å². The van der Waals surface area contributed by atoms with E-state index in [0.717, 1.165) is 18.5 Å². The Bertz CT molecular complexity index is 530. The number of anilines is 1. The fourth-order valence-corrected chi connectivity index (χ4v) is 1.57. The molecule has 1 aromatic rings. The molecule has 0 amide bonds. The van der Waals surface area contributed by atoms with Crippen LogP contribution >= 0.6 is 0 Å². The van der Waals surface area contributed by atoms with Gasteiger partial charge in [0.1, 0.15) is 27.0 Å². The Morgan fingerprint density at radius 2 is 2.24 bits per heavy atom. The Labute approximate surface area is 97.4 Å². The van der Waals surface area contributed by atoms with Crippen molar-refractivity contribution in [2.75, 3.05) is 23.9 Å². The molecule has 17 heavy (non-hydrogen) atoms. The summed E-state index contributed by atoms with van der Waals surface area (Å²) in [5.41, 5.74) is -0.335. The topological polar surface area (TPSA) is 96.4 Å². The summed E-state index contributed by atoms with van der Waals surface area (Å²) in [6.45, 7) is 0.0117. The fraction of sp³-hybridized carbons (Fsp3) is 0.333. The first-order chi connectivity index (χ1) is 7.79. The van der Waals surface area contributed by atoms with Gasteiger partial charge < -0.3 is 10.4 Å². The zero-order valence-corrected chi connectivity index (χ0v) is 9.79. The third-order valence-electron chi connectivity index (χ3n) is 1.85. The number of rotatable bonds is 5. The molecule has 0 bridgehead atoms. The van der Waals surface area contributed by atoms with Crippen LogP contribution in [-0.4, -0.2) is 43.0 Å². The average molecular weight is 262 g/mol. The fourth-order valence-electron chi connectivity index (χ4n) is 1.10. The van der Waals surface area contributed by atoms with Crippen LogP contribution in [0.3, 0.4) is 0 Å². The van der Waals surface area contributed by atoms with Gasteiger partial charge in [-0.1, -0.05) is 0 Å². The number of pyridine rings is 1. The summed E-state index contributed by atoms with van der Waals surface area (Å²) in [5.74, 6) is -2.32. The van der Waals surface area contributed by atoms with E-state index in [9.17, 15) is 17.6 Å². The molecule has 0 saturated heterocycles. The van der Waals surface area contributed by atoms with Crippen LogP contribution in [0, 0.1) is 5.82 Å². The first-order valence-electron chi connectivity index (χ1n) is 4.60. The van der Waals surface area contributed by atoms with Gasteiger partial charge in [0.15, 0.2) is 0 Å². The highest BCUT2D eigenvalue weighted by Crippen LogP contribution is 2.13. The predicted molar refractivity (Wildman–Crippen MR) is 59.4 cm³/mol. The standard InChI is InChI=1S/C9H11FN2O4S/c1-17(15,16)3-2-11-8-7(9(13)14)4-6(10)5-12-8/h4-5H,2-3H2,1H3,(H,11,12)(H,13,14). The highest BCUT2D eigenvalue weighted by atomic mass is 32.2.